The van der Waals surface area contributed by atoms with Crippen molar-refractivity contribution in [3.05, 3.63) is 71.3 Å². The maximum absolute atomic E-state index is 12.9. The van der Waals surface area contributed by atoms with E-state index in [1.807, 2.05) is 13.0 Å². The molecule has 3 aromatic rings. The second-order valence-corrected chi connectivity index (χ2v) is 8.97. The van der Waals surface area contributed by atoms with Crippen LogP contribution in [-0.2, 0) is 10.0 Å². The van der Waals surface area contributed by atoms with Crippen LogP contribution < -0.4 is 24.2 Å². The van der Waals surface area contributed by atoms with Gasteiger partial charge in [-0.1, -0.05) is 18.2 Å². The van der Waals surface area contributed by atoms with Gasteiger partial charge in [0.2, 0.25) is 5.75 Å². The predicted molar refractivity (Wildman–Crippen MR) is 127 cm³/mol. The minimum Gasteiger partial charge on any atom is -0.493 e. The number of carbonyl (C=O) groups is 1. The molecule has 0 atom stereocenters. The van der Waals surface area contributed by atoms with Crippen LogP contribution in [0, 0.1) is 13.8 Å². The maximum atomic E-state index is 12.9. The number of sulfonamides is 1. The smallest absolute Gasteiger partial charge is 0.262 e. The Hall–Kier alpha value is -3.72. The number of anilines is 2. The molecule has 0 unspecified atom stereocenters. The highest BCUT2D eigenvalue weighted by atomic mass is 32.2. The fourth-order valence-electron chi connectivity index (χ4n) is 3.29. The van der Waals surface area contributed by atoms with E-state index in [9.17, 15) is 13.2 Å². The van der Waals surface area contributed by atoms with Gasteiger partial charge in [0.05, 0.1) is 26.2 Å². The van der Waals surface area contributed by atoms with Crippen LogP contribution in [0.1, 0.15) is 21.5 Å². The number of carbonyl (C=O) groups excluding carboxylic acids is 1. The van der Waals surface area contributed by atoms with Crippen LogP contribution in [0.2, 0.25) is 0 Å². The third-order valence-corrected chi connectivity index (χ3v) is 6.46. The van der Waals surface area contributed by atoms with Crippen LogP contribution in [0.25, 0.3) is 0 Å². The average Bonchev–Trinajstić information content (AvgIpc) is 2.79. The zero-order valence-electron chi connectivity index (χ0n) is 19.1. The molecule has 0 spiro atoms. The third-order valence-electron chi connectivity index (χ3n) is 4.93. The topological polar surface area (TPSA) is 103 Å². The number of rotatable bonds is 8. The molecular formula is C24H26N2O6S. The van der Waals surface area contributed by atoms with Crippen molar-refractivity contribution < 1.29 is 27.4 Å². The Morgan fingerprint density at radius 3 is 2.09 bits per heavy atom. The highest BCUT2D eigenvalue weighted by molar-refractivity contribution is 7.92. The molecule has 33 heavy (non-hydrogen) atoms. The molecule has 0 radical (unpaired) electrons. The lowest BCUT2D eigenvalue weighted by Crippen LogP contribution is -2.16. The first-order valence-corrected chi connectivity index (χ1v) is 11.5. The van der Waals surface area contributed by atoms with Gasteiger partial charge in [0.15, 0.2) is 11.5 Å². The SMILES string of the molecule is COc1cc(NC(=O)c2cccc(NS(=O)(=O)c3cc(C)ccc3C)c2)cc(OC)c1OC. The van der Waals surface area contributed by atoms with E-state index in [1.165, 1.54) is 27.4 Å². The normalized spacial score (nSPS) is 10.9. The lowest BCUT2D eigenvalue weighted by molar-refractivity contribution is 0.102. The summed E-state index contributed by atoms with van der Waals surface area (Å²) in [6, 6.07) is 14.7. The van der Waals surface area contributed by atoms with E-state index in [4.69, 9.17) is 14.2 Å². The van der Waals surface area contributed by atoms with Crippen LogP contribution >= 0.6 is 0 Å². The highest BCUT2D eigenvalue weighted by Crippen LogP contribution is 2.40. The molecule has 0 aliphatic heterocycles. The van der Waals surface area contributed by atoms with Gasteiger partial charge in [0, 0.05) is 29.1 Å². The number of hydrogen-bond acceptors (Lipinski definition) is 6. The molecule has 2 N–H and O–H groups in total. The first kappa shape index (κ1) is 23.9. The van der Waals surface area contributed by atoms with Crippen molar-refractivity contribution in [3.8, 4) is 17.2 Å². The molecule has 0 fully saturated rings. The van der Waals surface area contributed by atoms with Crippen LogP contribution in [0.5, 0.6) is 17.2 Å². The third kappa shape index (κ3) is 5.38. The number of ether oxygens (including phenoxy) is 3. The van der Waals surface area contributed by atoms with Gasteiger partial charge in [0.1, 0.15) is 0 Å². The van der Waals surface area contributed by atoms with E-state index in [2.05, 4.69) is 10.0 Å². The summed E-state index contributed by atoms with van der Waals surface area (Å²) in [4.78, 5) is 13.0. The van der Waals surface area contributed by atoms with Crippen LogP contribution in [0.4, 0.5) is 11.4 Å². The number of hydrogen-bond donors (Lipinski definition) is 2. The van der Waals surface area contributed by atoms with E-state index in [0.29, 0.717) is 28.5 Å². The van der Waals surface area contributed by atoms with Gasteiger partial charge in [-0.25, -0.2) is 8.42 Å². The zero-order valence-corrected chi connectivity index (χ0v) is 19.9. The number of nitrogens with one attached hydrogen (secondary N) is 2. The molecule has 3 aromatic carbocycles. The quantitative estimate of drug-likeness (QED) is 0.506. The Morgan fingerprint density at radius 1 is 0.818 bits per heavy atom. The molecule has 0 heterocycles. The van der Waals surface area contributed by atoms with E-state index < -0.39 is 15.9 Å². The monoisotopic (exact) mass is 470 g/mol. The van der Waals surface area contributed by atoms with Crippen LogP contribution in [-0.4, -0.2) is 35.7 Å². The second-order valence-electron chi connectivity index (χ2n) is 7.32. The van der Waals surface area contributed by atoms with E-state index in [0.717, 1.165) is 5.56 Å². The summed E-state index contributed by atoms with van der Waals surface area (Å²) in [6.45, 7) is 3.56. The van der Waals surface area contributed by atoms with E-state index in [1.54, 1.807) is 49.4 Å². The summed E-state index contributed by atoms with van der Waals surface area (Å²) in [6.07, 6.45) is 0. The van der Waals surface area contributed by atoms with Crippen molar-refractivity contribution in [2.75, 3.05) is 31.4 Å². The largest absolute Gasteiger partial charge is 0.493 e. The van der Waals surface area contributed by atoms with Gasteiger partial charge in [-0.2, -0.15) is 0 Å². The summed E-state index contributed by atoms with van der Waals surface area (Å²) in [5.41, 5.74) is 2.43. The number of aryl methyl sites for hydroxylation is 2. The Morgan fingerprint density at radius 2 is 1.48 bits per heavy atom. The fraction of sp³-hybridized carbons (Fsp3) is 0.208. The standard InChI is InChI=1S/C24H26N2O6S/c1-15-9-10-16(2)22(11-15)33(28,29)26-18-8-6-7-17(12-18)24(27)25-19-13-20(30-3)23(32-5)21(14-19)31-4/h6-14,26H,1-5H3,(H,25,27). The molecule has 0 aliphatic rings. The Labute approximate surface area is 193 Å². The Balaban J connectivity index is 1.85. The summed E-state index contributed by atoms with van der Waals surface area (Å²) < 4.78 is 44.2. The van der Waals surface area contributed by atoms with Gasteiger partial charge >= 0.3 is 0 Å². The van der Waals surface area contributed by atoms with Gasteiger partial charge < -0.3 is 19.5 Å². The lowest BCUT2D eigenvalue weighted by atomic mass is 10.2. The Bertz CT molecular complexity index is 1260. The highest BCUT2D eigenvalue weighted by Gasteiger charge is 2.19. The summed E-state index contributed by atoms with van der Waals surface area (Å²) in [5, 5.41) is 2.77. The molecule has 0 aromatic heterocycles. The number of amides is 1. The second kappa shape index (κ2) is 9.83. The van der Waals surface area contributed by atoms with E-state index >= 15 is 0 Å². The van der Waals surface area contributed by atoms with Gasteiger partial charge in [-0.3, -0.25) is 9.52 Å². The van der Waals surface area contributed by atoms with Crippen LogP contribution in [0.3, 0.4) is 0 Å². The predicted octanol–water partition coefficient (Wildman–Crippen LogP) is 4.38. The van der Waals surface area contributed by atoms with Gasteiger partial charge in [0.25, 0.3) is 15.9 Å². The molecule has 0 aliphatic carbocycles. The summed E-state index contributed by atoms with van der Waals surface area (Å²) in [5.74, 6) is 0.752. The maximum Gasteiger partial charge on any atom is 0.262 e. The van der Waals surface area contributed by atoms with Crippen molar-refractivity contribution in [1.82, 2.24) is 0 Å². The first-order chi connectivity index (χ1) is 15.7. The van der Waals surface area contributed by atoms with Crippen molar-refractivity contribution in [3.63, 3.8) is 0 Å². The zero-order chi connectivity index (χ0) is 24.2. The molecule has 0 bridgehead atoms. The average molecular weight is 471 g/mol. The van der Waals surface area contributed by atoms with Gasteiger partial charge in [-0.15, -0.1) is 0 Å². The van der Waals surface area contributed by atoms with Crippen LogP contribution in [0.15, 0.2) is 59.5 Å². The van der Waals surface area contributed by atoms with Gasteiger partial charge in [-0.05, 0) is 49.2 Å². The Kier molecular flexibility index (Phi) is 7.13. The summed E-state index contributed by atoms with van der Waals surface area (Å²) in [7, 11) is 0.628. The van der Waals surface area contributed by atoms with Crippen molar-refractivity contribution in [2.24, 2.45) is 0 Å². The van der Waals surface area contributed by atoms with Crippen molar-refractivity contribution in [1.29, 1.82) is 0 Å². The molecule has 1 amide bonds. The minimum atomic E-state index is -3.82. The van der Waals surface area contributed by atoms with E-state index in [-0.39, 0.29) is 16.1 Å². The molecule has 9 heteroatoms. The lowest BCUT2D eigenvalue weighted by Gasteiger charge is -2.15. The molecule has 3 rings (SSSR count). The summed E-state index contributed by atoms with van der Waals surface area (Å²) >= 11 is 0. The fourth-order valence-corrected chi connectivity index (χ4v) is 4.67. The molecule has 8 nitrogen and oxygen atoms in total. The minimum absolute atomic E-state index is 0.190. The van der Waals surface area contributed by atoms with Crippen molar-refractivity contribution >= 4 is 27.3 Å². The van der Waals surface area contributed by atoms with Crippen molar-refractivity contribution in [2.45, 2.75) is 18.7 Å². The number of methoxy groups -OCH3 is 3. The number of benzene rings is 3. The molecule has 174 valence electrons. The molecule has 0 saturated heterocycles. The molecule has 0 saturated carbocycles. The molecular weight excluding hydrogens is 444 g/mol. The first-order valence-electron chi connectivity index (χ1n) is 10.00.